The van der Waals surface area contributed by atoms with Crippen LogP contribution in [0.2, 0.25) is 0 Å². The van der Waals surface area contributed by atoms with Crippen LogP contribution < -0.4 is 5.32 Å². The molecule has 0 aliphatic rings. The summed E-state index contributed by atoms with van der Waals surface area (Å²) in [7, 11) is -0.407. The van der Waals surface area contributed by atoms with Crippen LogP contribution in [0.5, 0.6) is 0 Å². The average Bonchev–Trinajstić information content (AvgIpc) is 2.43. The molecule has 0 aliphatic carbocycles. The summed E-state index contributed by atoms with van der Waals surface area (Å²) >= 11 is 0. The van der Waals surface area contributed by atoms with Crippen LogP contribution in [0.25, 0.3) is 0 Å². The van der Waals surface area contributed by atoms with Gasteiger partial charge in [-0.1, -0.05) is 18.2 Å². The molecule has 1 aromatic carbocycles. The highest BCUT2D eigenvalue weighted by molar-refractivity contribution is 7.89. The topological polar surface area (TPSA) is 66.5 Å². The van der Waals surface area contributed by atoms with Crippen molar-refractivity contribution in [3.63, 3.8) is 0 Å². The molecule has 0 radical (unpaired) electrons. The van der Waals surface area contributed by atoms with Crippen LogP contribution in [0.4, 0.5) is 0 Å². The predicted molar refractivity (Wildman–Crippen MR) is 78.8 cm³/mol. The molecule has 0 saturated carbocycles. The molecular formula is C14H20N2O3S. The lowest BCUT2D eigenvalue weighted by atomic mass is 10.1. The summed E-state index contributed by atoms with van der Waals surface area (Å²) in [5.41, 5.74) is 0.927. The fourth-order valence-corrected chi connectivity index (χ4v) is 2.47. The minimum atomic E-state index is -3.39. The molecule has 0 aromatic heterocycles. The highest BCUT2D eigenvalue weighted by Crippen LogP contribution is 2.14. The van der Waals surface area contributed by atoms with E-state index in [9.17, 15) is 13.2 Å². The van der Waals surface area contributed by atoms with Gasteiger partial charge in [-0.15, -0.1) is 6.58 Å². The molecule has 20 heavy (non-hydrogen) atoms. The van der Waals surface area contributed by atoms with Crippen molar-refractivity contribution in [2.24, 2.45) is 0 Å². The molecule has 1 aromatic rings. The fraction of sp³-hybridized carbons (Fsp3) is 0.357. The van der Waals surface area contributed by atoms with E-state index in [1.54, 1.807) is 30.3 Å². The lowest BCUT2D eigenvalue weighted by Gasteiger charge is -2.11. The van der Waals surface area contributed by atoms with E-state index in [1.165, 1.54) is 18.4 Å². The van der Waals surface area contributed by atoms with Gasteiger partial charge in [-0.25, -0.2) is 12.7 Å². The maximum Gasteiger partial charge on any atom is 0.242 e. The van der Waals surface area contributed by atoms with Gasteiger partial charge in [0.15, 0.2) is 0 Å². The zero-order valence-electron chi connectivity index (χ0n) is 11.8. The lowest BCUT2D eigenvalue weighted by Crippen LogP contribution is -2.23. The van der Waals surface area contributed by atoms with Crippen molar-refractivity contribution >= 4 is 15.9 Å². The van der Waals surface area contributed by atoms with Crippen LogP contribution in [0, 0.1) is 0 Å². The Balaban J connectivity index is 2.64. The number of hydrogen-bond donors (Lipinski definition) is 1. The Morgan fingerprint density at radius 2 is 1.90 bits per heavy atom. The SMILES string of the molecule is C=CCNC(=O)CCc1ccc(S(=O)(=O)N(C)C)cc1. The summed E-state index contributed by atoms with van der Waals surface area (Å²) < 4.78 is 24.9. The maximum absolute atomic E-state index is 11.9. The van der Waals surface area contributed by atoms with Crippen LogP contribution >= 0.6 is 0 Å². The van der Waals surface area contributed by atoms with Gasteiger partial charge in [0.1, 0.15) is 0 Å². The van der Waals surface area contributed by atoms with Crippen molar-refractivity contribution in [1.29, 1.82) is 0 Å². The normalized spacial score (nSPS) is 11.3. The van der Waals surface area contributed by atoms with Gasteiger partial charge >= 0.3 is 0 Å². The first-order chi connectivity index (χ1) is 9.37. The van der Waals surface area contributed by atoms with Crippen LogP contribution in [0.15, 0.2) is 41.8 Å². The third-order valence-electron chi connectivity index (χ3n) is 2.79. The third kappa shape index (κ3) is 4.47. The van der Waals surface area contributed by atoms with E-state index >= 15 is 0 Å². The number of carbonyl (C=O) groups is 1. The Kier molecular flexibility index (Phi) is 5.91. The molecule has 0 heterocycles. The molecule has 110 valence electrons. The van der Waals surface area contributed by atoms with Gasteiger partial charge < -0.3 is 5.32 Å². The monoisotopic (exact) mass is 296 g/mol. The van der Waals surface area contributed by atoms with Gasteiger partial charge in [0, 0.05) is 27.1 Å². The van der Waals surface area contributed by atoms with E-state index in [0.717, 1.165) is 5.56 Å². The summed E-state index contributed by atoms with van der Waals surface area (Å²) in [4.78, 5) is 11.7. The Hall–Kier alpha value is -1.66. The number of amides is 1. The van der Waals surface area contributed by atoms with Gasteiger partial charge in [0.2, 0.25) is 15.9 Å². The number of rotatable bonds is 7. The molecule has 5 nitrogen and oxygen atoms in total. The largest absolute Gasteiger partial charge is 0.353 e. The predicted octanol–water partition coefficient (Wildman–Crippen LogP) is 1.17. The van der Waals surface area contributed by atoms with E-state index in [0.29, 0.717) is 19.4 Å². The van der Waals surface area contributed by atoms with Crippen molar-refractivity contribution in [3.8, 4) is 0 Å². The number of benzene rings is 1. The first kappa shape index (κ1) is 16.4. The van der Waals surface area contributed by atoms with Gasteiger partial charge in [-0.05, 0) is 24.1 Å². The second-order valence-corrected chi connectivity index (χ2v) is 6.68. The highest BCUT2D eigenvalue weighted by Gasteiger charge is 2.16. The molecule has 1 rings (SSSR count). The van der Waals surface area contributed by atoms with E-state index in [4.69, 9.17) is 0 Å². The van der Waals surface area contributed by atoms with Gasteiger partial charge in [0.05, 0.1) is 4.90 Å². The third-order valence-corrected chi connectivity index (χ3v) is 4.62. The van der Waals surface area contributed by atoms with Crippen molar-refractivity contribution in [1.82, 2.24) is 9.62 Å². The molecule has 0 saturated heterocycles. The fourth-order valence-electron chi connectivity index (χ4n) is 1.57. The minimum Gasteiger partial charge on any atom is -0.353 e. The second-order valence-electron chi connectivity index (χ2n) is 4.52. The van der Waals surface area contributed by atoms with E-state index in [-0.39, 0.29) is 10.8 Å². The molecule has 0 atom stereocenters. The summed E-state index contributed by atoms with van der Waals surface area (Å²) in [6, 6.07) is 6.59. The lowest BCUT2D eigenvalue weighted by molar-refractivity contribution is -0.120. The average molecular weight is 296 g/mol. The van der Waals surface area contributed by atoms with E-state index in [2.05, 4.69) is 11.9 Å². The summed E-state index contributed by atoms with van der Waals surface area (Å²) in [6.45, 7) is 3.98. The molecule has 0 spiro atoms. The highest BCUT2D eigenvalue weighted by atomic mass is 32.2. The maximum atomic E-state index is 11.9. The zero-order valence-corrected chi connectivity index (χ0v) is 12.6. The molecule has 0 aliphatic heterocycles. The van der Waals surface area contributed by atoms with E-state index < -0.39 is 10.0 Å². The van der Waals surface area contributed by atoms with Crippen LogP contribution in [-0.4, -0.2) is 39.3 Å². The Morgan fingerprint density at radius 3 is 2.40 bits per heavy atom. The van der Waals surface area contributed by atoms with Crippen molar-refractivity contribution < 1.29 is 13.2 Å². The Bertz CT molecular complexity index is 563. The molecule has 0 unspecified atom stereocenters. The second kappa shape index (κ2) is 7.21. The smallest absolute Gasteiger partial charge is 0.242 e. The van der Waals surface area contributed by atoms with Crippen molar-refractivity contribution in [2.75, 3.05) is 20.6 Å². The molecule has 6 heteroatoms. The zero-order chi connectivity index (χ0) is 15.2. The van der Waals surface area contributed by atoms with Crippen molar-refractivity contribution in [2.45, 2.75) is 17.7 Å². The quantitative estimate of drug-likeness (QED) is 0.768. The van der Waals surface area contributed by atoms with Crippen molar-refractivity contribution in [3.05, 3.63) is 42.5 Å². The summed E-state index contributed by atoms with van der Waals surface area (Å²) in [5, 5.41) is 2.69. The molecule has 1 N–H and O–H groups in total. The number of nitrogens with one attached hydrogen (secondary N) is 1. The summed E-state index contributed by atoms with van der Waals surface area (Å²) in [6.07, 6.45) is 2.57. The number of nitrogens with zero attached hydrogens (tertiary/aromatic N) is 1. The van der Waals surface area contributed by atoms with Crippen LogP contribution in [0.1, 0.15) is 12.0 Å². The summed E-state index contributed by atoms with van der Waals surface area (Å²) in [5.74, 6) is -0.0464. The molecule has 0 fully saturated rings. The molecule has 0 bridgehead atoms. The van der Waals surface area contributed by atoms with Crippen LogP contribution in [0.3, 0.4) is 0 Å². The van der Waals surface area contributed by atoms with Gasteiger partial charge in [-0.3, -0.25) is 4.79 Å². The number of sulfonamides is 1. The minimum absolute atomic E-state index is 0.0464. The molecule has 1 amide bonds. The van der Waals surface area contributed by atoms with Gasteiger partial charge in [-0.2, -0.15) is 0 Å². The Labute approximate surface area is 120 Å². The number of aryl methyl sites for hydroxylation is 1. The first-order valence-corrected chi connectivity index (χ1v) is 7.71. The Morgan fingerprint density at radius 1 is 1.30 bits per heavy atom. The number of carbonyl (C=O) groups excluding carboxylic acids is 1. The molecular weight excluding hydrogens is 276 g/mol. The van der Waals surface area contributed by atoms with E-state index in [1.807, 2.05) is 0 Å². The first-order valence-electron chi connectivity index (χ1n) is 6.27. The standard InChI is InChI=1S/C14H20N2O3S/c1-4-11-15-14(17)10-7-12-5-8-13(9-6-12)20(18,19)16(2)3/h4-6,8-9H,1,7,10-11H2,2-3H3,(H,15,17). The van der Waals surface area contributed by atoms with Crippen LogP contribution in [-0.2, 0) is 21.2 Å². The van der Waals surface area contributed by atoms with Gasteiger partial charge in [0.25, 0.3) is 0 Å². The number of hydrogen-bond acceptors (Lipinski definition) is 3.